The first-order valence-corrected chi connectivity index (χ1v) is 8.26. The first-order valence-electron chi connectivity index (χ1n) is 8.26. The van der Waals surface area contributed by atoms with Gasteiger partial charge in [-0.3, -0.25) is 4.79 Å². The van der Waals surface area contributed by atoms with Gasteiger partial charge in [0.2, 0.25) is 0 Å². The maximum Gasteiger partial charge on any atom is 0.276 e. The highest BCUT2D eigenvalue weighted by Gasteiger charge is 2.27. The molecule has 3 aromatic rings. The number of nitrogens with zero attached hydrogens (tertiary/aromatic N) is 2. The maximum atomic E-state index is 13.8. The van der Waals surface area contributed by atoms with E-state index in [0.29, 0.717) is 30.2 Å². The fourth-order valence-corrected chi connectivity index (χ4v) is 3.22. The molecule has 4 nitrogen and oxygen atoms in total. The van der Waals surface area contributed by atoms with Gasteiger partial charge in [-0.2, -0.15) is 5.10 Å². The summed E-state index contributed by atoms with van der Waals surface area (Å²) in [6.07, 6.45) is 2.00. The first kappa shape index (κ1) is 17.3. The first-order chi connectivity index (χ1) is 12.9. The fourth-order valence-electron chi connectivity index (χ4n) is 3.22. The topological polar surface area (TPSA) is 46.9 Å². The number of amides is 1. The van der Waals surface area contributed by atoms with Crippen molar-refractivity contribution in [2.45, 2.75) is 19.3 Å². The van der Waals surface area contributed by atoms with Gasteiger partial charge < -0.3 is 5.32 Å². The summed E-state index contributed by atoms with van der Waals surface area (Å²) >= 11 is 0. The predicted molar refractivity (Wildman–Crippen MR) is 89.8 cm³/mol. The predicted octanol–water partition coefficient (Wildman–Crippen LogP) is 4.17. The zero-order valence-electron chi connectivity index (χ0n) is 13.9. The molecule has 138 valence electrons. The number of carbonyl (C=O) groups excluding carboxylic acids is 1. The van der Waals surface area contributed by atoms with Gasteiger partial charge in [-0.15, -0.1) is 0 Å². The minimum atomic E-state index is -1.02. The third-order valence-corrected chi connectivity index (χ3v) is 4.47. The lowest BCUT2D eigenvalue weighted by Crippen LogP contribution is -2.16. The van der Waals surface area contributed by atoms with E-state index >= 15 is 0 Å². The monoisotopic (exact) mass is 375 g/mol. The van der Waals surface area contributed by atoms with Crippen molar-refractivity contribution < 1.29 is 22.4 Å². The third kappa shape index (κ3) is 3.07. The zero-order valence-corrected chi connectivity index (χ0v) is 13.9. The van der Waals surface area contributed by atoms with E-state index in [9.17, 15) is 22.4 Å². The molecule has 0 saturated carbocycles. The number of benzene rings is 2. The van der Waals surface area contributed by atoms with Crippen molar-refractivity contribution in [1.82, 2.24) is 9.78 Å². The molecule has 27 heavy (non-hydrogen) atoms. The lowest BCUT2D eigenvalue weighted by Gasteiger charge is -2.06. The van der Waals surface area contributed by atoms with Gasteiger partial charge in [0.1, 0.15) is 11.6 Å². The molecule has 8 heteroatoms. The van der Waals surface area contributed by atoms with Gasteiger partial charge in [0.05, 0.1) is 11.4 Å². The van der Waals surface area contributed by atoms with Crippen LogP contribution in [0.5, 0.6) is 0 Å². The molecule has 1 N–H and O–H groups in total. The van der Waals surface area contributed by atoms with E-state index in [1.54, 1.807) is 0 Å². The molecule has 0 fully saturated rings. The molecular weight excluding hydrogens is 362 g/mol. The van der Waals surface area contributed by atoms with E-state index in [0.717, 1.165) is 36.4 Å². The summed E-state index contributed by atoms with van der Waals surface area (Å²) in [4.78, 5) is 12.6. The van der Waals surface area contributed by atoms with Gasteiger partial charge in [0, 0.05) is 23.4 Å². The minimum Gasteiger partial charge on any atom is -0.318 e. The summed E-state index contributed by atoms with van der Waals surface area (Å²) < 4.78 is 55.0. The summed E-state index contributed by atoms with van der Waals surface area (Å²) in [5.74, 6) is -4.31. The summed E-state index contributed by atoms with van der Waals surface area (Å²) in [5.41, 5.74) is 1.61. The molecule has 0 atom stereocenters. The van der Waals surface area contributed by atoms with Crippen molar-refractivity contribution >= 4 is 11.6 Å². The number of nitrogens with one attached hydrogen (secondary N) is 1. The minimum absolute atomic E-state index is 0.0796. The molecule has 4 rings (SSSR count). The summed E-state index contributed by atoms with van der Waals surface area (Å²) in [6, 6.07) is 6.17. The number of fused-ring (bicyclic) bond motifs is 1. The van der Waals surface area contributed by atoms with Crippen LogP contribution in [0.1, 0.15) is 28.2 Å². The van der Waals surface area contributed by atoms with E-state index in [1.807, 2.05) is 0 Å². The van der Waals surface area contributed by atoms with Crippen molar-refractivity contribution in [2.75, 3.05) is 5.32 Å². The molecule has 1 heterocycles. The average molecular weight is 375 g/mol. The van der Waals surface area contributed by atoms with Crippen molar-refractivity contribution in [2.24, 2.45) is 0 Å². The summed E-state index contributed by atoms with van der Waals surface area (Å²) in [7, 11) is 0. The molecule has 1 aliphatic rings. The Bertz CT molecular complexity index is 1060. The molecule has 0 bridgehead atoms. The highest BCUT2D eigenvalue weighted by Crippen LogP contribution is 2.29. The molecule has 1 amide bonds. The van der Waals surface area contributed by atoms with E-state index in [1.165, 1.54) is 10.7 Å². The number of hydrogen-bond acceptors (Lipinski definition) is 2. The van der Waals surface area contributed by atoms with Crippen LogP contribution >= 0.6 is 0 Å². The molecular formula is C19H13F4N3O. The third-order valence-electron chi connectivity index (χ3n) is 4.47. The smallest absolute Gasteiger partial charge is 0.276 e. The van der Waals surface area contributed by atoms with E-state index < -0.39 is 29.2 Å². The fraction of sp³-hybridized carbons (Fsp3) is 0.158. The number of anilines is 1. The van der Waals surface area contributed by atoms with E-state index in [-0.39, 0.29) is 11.4 Å². The average Bonchev–Trinajstić information content (AvgIpc) is 3.22. The Morgan fingerprint density at radius 3 is 2.52 bits per heavy atom. The highest BCUT2D eigenvalue weighted by atomic mass is 19.2. The van der Waals surface area contributed by atoms with Crippen LogP contribution in [0, 0.1) is 23.3 Å². The van der Waals surface area contributed by atoms with Gasteiger partial charge in [-0.25, -0.2) is 22.2 Å². The van der Waals surface area contributed by atoms with E-state index in [2.05, 4.69) is 10.4 Å². The Hall–Kier alpha value is -3.16. The van der Waals surface area contributed by atoms with E-state index in [4.69, 9.17) is 0 Å². The number of rotatable bonds is 3. The van der Waals surface area contributed by atoms with Gasteiger partial charge in [0.15, 0.2) is 17.3 Å². The molecule has 1 aliphatic carbocycles. The summed E-state index contributed by atoms with van der Waals surface area (Å²) in [6.45, 7) is 0. The van der Waals surface area contributed by atoms with Gasteiger partial charge in [-0.1, -0.05) is 0 Å². The number of halogens is 4. The van der Waals surface area contributed by atoms with Gasteiger partial charge in [0.25, 0.3) is 5.91 Å². The Labute approximate surface area is 151 Å². The van der Waals surface area contributed by atoms with Crippen LogP contribution in [-0.2, 0) is 12.8 Å². The van der Waals surface area contributed by atoms with Gasteiger partial charge in [-0.05, 0) is 43.5 Å². The van der Waals surface area contributed by atoms with Crippen molar-refractivity contribution in [1.29, 1.82) is 0 Å². The Morgan fingerprint density at radius 1 is 0.963 bits per heavy atom. The molecule has 0 aliphatic heterocycles. The molecule has 0 saturated heterocycles. The van der Waals surface area contributed by atoms with Gasteiger partial charge >= 0.3 is 0 Å². The molecule has 0 radical (unpaired) electrons. The molecule has 2 aromatic carbocycles. The second kappa shape index (κ2) is 6.53. The quantitative estimate of drug-likeness (QED) is 0.699. The highest BCUT2D eigenvalue weighted by molar-refractivity contribution is 6.04. The second-order valence-corrected chi connectivity index (χ2v) is 6.22. The SMILES string of the molecule is O=C(Nc1ccc(F)cc1F)c1nn(-c2ccc(F)c(F)c2)c2c1CCC2. The largest absolute Gasteiger partial charge is 0.318 e. The molecule has 1 aromatic heterocycles. The normalized spacial score (nSPS) is 12.9. The van der Waals surface area contributed by atoms with Crippen molar-refractivity contribution in [3.05, 3.63) is 76.6 Å². The lowest BCUT2D eigenvalue weighted by atomic mass is 10.2. The van der Waals surface area contributed by atoms with Crippen LogP contribution in [0.25, 0.3) is 5.69 Å². The number of hydrogen-bond donors (Lipinski definition) is 1. The Balaban J connectivity index is 1.71. The van der Waals surface area contributed by atoms with Crippen LogP contribution in [-0.4, -0.2) is 15.7 Å². The van der Waals surface area contributed by atoms with Crippen LogP contribution < -0.4 is 5.32 Å². The van der Waals surface area contributed by atoms with Crippen LogP contribution in [0.4, 0.5) is 23.2 Å². The lowest BCUT2D eigenvalue weighted by molar-refractivity contribution is 0.102. The standard InChI is InChI=1S/C19H13F4N3O/c20-10-4-7-16(15(23)8-10)24-19(27)18-12-2-1-3-17(12)26(25-18)11-5-6-13(21)14(22)9-11/h4-9H,1-3H2,(H,24,27). The Morgan fingerprint density at radius 2 is 1.78 bits per heavy atom. The molecule has 0 unspecified atom stereocenters. The van der Waals surface area contributed by atoms with Crippen molar-refractivity contribution in [3.63, 3.8) is 0 Å². The number of aromatic nitrogens is 2. The molecule has 0 spiro atoms. The zero-order chi connectivity index (χ0) is 19.1. The number of carbonyl (C=O) groups is 1. The van der Waals surface area contributed by atoms with Crippen molar-refractivity contribution in [3.8, 4) is 5.69 Å². The van der Waals surface area contributed by atoms with Crippen LogP contribution in [0.3, 0.4) is 0 Å². The van der Waals surface area contributed by atoms with Crippen LogP contribution in [0.2, 0.25) is 0 Å². The maximum absolute atomic E-state index is 13.8. The second-order valence-electron chi connectivity index (χ2n) is 6.22. The summed E-state index contributed by atoms with van der Waals surface area (Å²) in [5, 5.41) is 6.61. The van der Waals surface area contributed by atoms with Crippen LogP contribution in [0.15, 0.2) is 36.4 Å². The Kier molecular flexibility index (Phi) is 4.18.